The lowest BCUT2D eigenvalue weighted by atomic mass is 10.2. The van der Waals surface area contributed by atoms with Crippen LogP contribution in [0.1, 0.15) is 11.3 Å². The van der Waals surface area contributed by atoms with E-state index >= 15 is 0 Å². The molecule has 4 aromatic rings. The topological polar surface area (TPSA) is 61.2 Å². The Labute approximate surface area is 166 Å². The lowest BCUT2D eigenvalue weighted by molar-refractivity contribution is 0.174. The second-order valence-corrected chi connectivity index (χ2v) is 7.45. The molecule has 0 aliphatic carbocycles. The third kappa shape index (κ3) is 3.20. The summed E-state index contributed by atoms with van der Waals surface area (Å²) in [4.78, 5) is 5.72. The minimum atomic E-state index is 0.266. The maximum Gasteiger partial charge on any atom is 0.231 e. The summed E-state index contributed by atoms with van der Waals surface area (Å²) in [5, 5.41) is 9.03. The fourth-order valence-corrected chi connectivity index (χ4v) is 4.03. The Balaban J connectivity index is 1.36. The molecule has 1 N–H and O–H groups in total. The zero-order valence-corrected chi connectivity index (χ0v) is 16.1. The Hall–Kier alpha value is -3.32. The van der Waals surface area contributed by atoms with Crippen LogP contribution in [0.3, 0.4) is 0 Å². The quantitative estimate of drug-likeness (QED) is 0.538. The molecule has 0 spiro atoms. The molecule has 0 bridgehead atoms. The van der Waals surface area contributed by atoms with Crippen molar-refractivity contribution >= 4 is 16.5 Å². The number of rotatable bonds is 5. The van der Waals surface area contributed by atoms with Crippen molar-refractivity contribution in [2.24, 2.45) is 0 Å². The average Bonchev–Trinajstić information content (AvgIpc) is 3.46. The number of anilines is 1. The van der Waals surface area contributed by atoms with Crippen molar-refractivity contribution in [3.05, 3.63) is 72.1 Å². The number of hydrogen-bond donors (Lipinski definition) is 1. The fraction of sp³-hybridized carbons (Fsp3) is 0.143. The molecule has 0 radical (unpaired) electrons. The molecular formula is C21H18N4O2S. The number of hydrogen-bond acceptors (Lipinski definition) is 6. The lowest BCUT2D eigenvalue weighted by Crippen LogP contribution is -1.98. The van der Waals surface area contributed by atoms with Crippen LogP contribution in [0.25, 0.3) is 16.3 Å². The first kappa shape index (κ1) is 16.8. The van der Waals surface area contributed by atoms with Gasteiger partial charge in [0.2, 0.25) is 6.79 Å². The molecule has 0 atom stereocenters. The summed E-state index contributed by atoms with van der Waals surface area (Å²) in [5.41, 5.74) is 4.03. The number of fused-ring (bicyclic) bond motifs is 1. The van der Waals surface area contributed by atoms with Crippen molar-refractivity contribution in [2.45, 2.75) is 13.5 Å². The molecule has 0 amide bonds. The molecule has 7 heteroatoms. The van der Waals surface area contributed by atoms with Gasteiger partial charge < -0.3 is 14.8 Å². The van der Waals surface area contributed by atoms with E-state index in [2.05, 4.69) is 22.4 Å². The van der Waals surface area contributed by atoms with Crippen molar-refractivity contribution in [1.82, 2.24) is 14.8 Å². The second-order valence-electron chi connectivity index (χ2n) is 6.46. The molecule has 2 aromatic heterocycles. The number of aromatic nitrogens is 3. The van der Waals surface area contributed by atoms with Crippen LogP contribution in [-0.4, -0.2) is 21.6 Å². The molecule has 3 heterocycles. The summed E-state index contributed by atoms with van der Waals surface area (Å²) in [6.45, 7) is 3.03. The van der Waals surface area contributed by atoms with E-state index in [4.69, 9.17) is 14.6 Å². The molecule has 1 aliphatic heterocycles. The Morgan fingerprint density at radius 3 is 2.82 bits per heavy atom. The standard InChI is InChI=1S/C21H18N4O2S/c1-14-20(28-21(23-14)22-12-15-5-3-2-4-6-15)17-9-10-25(24-17)16-7-8-18-19(11-16)27-13-26-18/h2-11H,12-13H2,1H3,(H,22,23). The summed E-state index contributed by atoms with van der Waals surface area (Å²) in [6.07, 6.45) is 1.95. The third-order valence-corrected chi connectivity index (χ3v) is 5.66. The van der Waals surface area contributed by atoms with Crippen LogP contribution < -0.4 is 14.8 Å². The van der Waals surface area contributed by atoms with E-state index in [0.717, 1.165) is 45.1 Å². The maximum absolute atomic E-state index is 5.46. The van der Waals surface area contributed by atoms with E-state index < -0.39 is 0 Å². The number of aryl methyl sites for hydroxylation is 1. The molecule has 0 saturated heterocycles. The first-order valence-electron chi connectivity index (χ1n) is 8.97. The van der Waals surface area contributed by atoms with Crippen LogP contribution >= 0.6 is 11.3 Å². The molecule has 1 aliphatic rings. The Morgan fingerprint density at radius 1 is 1.07 bits per heavy atom. The van der Waals surface area contributed by atoms with Crippen molar-refractivity contribution < 1.29 is 9.47 Å². The fourth-order valence-electron chi connectivity index (χ4n) is 3.10. The van der Waals surface area contributed by atoms with E-state index in [-0.39, 0.29) is 6.79 Å². The van der Waals surface area contributed by atoms with Gasteiger partial charge in [0.25, 0.3) is 0 Å². The van der Waals surface area contributed by atoms with Gasteiger partial charge in [-0.3, -0.25) is 0 Å². The number of nitrogens with zero attached hydrogens (tertiary/aromatic N) is 3. The van der Waals surface area contributed by atoms with Gasteiger partial charge in [0, 0.05) is 18.8 Å². The smallest absolute Gasteiger partial charge is 0.231 e. The predicted octanol–water partition coefficient (Wildman–Crippen LogP) is 4.65. The van der Waals surface area contributed by atoms with Gasteiger partial charge in [-0.25, -0.2) is 9.67 Å². The Morgan fingerprint density at radius 2 is 1.93 bits per heavy atom. The SMILES string of the molecule is Cc1nc(NCc2ccccc2)sc1-c1ccn(-c2ccc3c(c2)OCO3)n1. The van der Waals surface area contributed by atoms with Gasteiger partial charge in [-0.05, 0) is 30.7 Å². The highest BCUT2D eigenvalue weighted by Gasteiger charge is 2.16. The molecule has 2 aromatic carbocycles. The van der Waals surface area contributed by atoms with Gasteiger partial charge in [0.15, 0.2) is 16.6 Å². The van der Waals surface area contributed by atoms with Crippen molar-refractivity contribution in [3.8, 4) is 27.8 Å². The summed E-state index contributed by atoms with van der Waals surface area (Å²) in [7, 11) is 0. The molecule has 140 valence electrons. The molecule has 0 fully saturated rings. The predicted molar refractivity (Wildman–Crippen MR) is 109 cm³/mol. The zero-order chi connectivity index (χ0) is 18.9. The van der Waals surface area contributed by atoms with Gasteiger partial charge in [-0.15, -0.1) is 0 Å². The van der Waals surface area contributed by atoms with Crippen molar-refractivity contribution in [2.75, 3.05) is 12.1 Å². The van der Waals surface area contributed by atoms with Gasteiger partial charge in [0.05, 0.1) is 16.3 Å². The molecular weight excluding hydrogens is 372 g/mol. The first-order chi connectivity index (χ1) is 13.8. The van der Waals surface area contributed by atoms with E-state index in [9.17, 15) is 0 Å². The van der Waals surface area contributed by atoms with Gasteiger partial charge >= 0.3 is 0 Å². The van der Waals surface area contributed by atoms with E-state index in [1.807, 2.05) is 60.3 Å². The maximum atomic E-state index is 5.46. The van der Waals surface area contributed by atoms with Crippen LogP contribution in [0.2, 0.25) is 0 Å². The Bertz CT molecular complexity index is 1120. The minimum absolute atomic E-state index is 0.266. The van der Waals surface area contributed by atoms with Crippen LogP contribution in [0.15, 0.2) is 60.8 Å². The van der Waals surface area contributed by atoms with Crippen molar-refractivity contribution in [3.63, 3.8) is 0 Å². The number of nitrogens with one attached hydrogen (secondary N) is 1. The molecule has 0 saturated carbocycles. The summed E-state index contributed by atoms with van der Waals surface area (Å²) in [5.74, 6) is 1.51. The first-order valence-corrected chi connectivity index (χ1v) is 9.79. The molecule has 6 nitrogen and oxygen atoms in total. The minimum Gasteiger partial charge on any atom is -0.454 e. The normalized spacial score (nSPS) is 12.3. The molecule has 28 heavy (non-hydrogen) atoms. The third-order valence-electron chi connectivity index (χ3n) is 4.53. The molecule has 5 rings (SSSR count). The van der Waals surface area contributed by atoms with Gasteiger partial charge in [-0.1, -0.05) is 41.7 Å². The average molecular weight is 390 g/mol. The van der Waals surface area contributed by atoms with Crippen molar-refractivity contribution in [1.29, 1.82) is 0 Å². The monoisotopic (exact) mass is 390 g/mol. The van der Waals surface area contributed by atoms with Gasteiger partial charge in [0.1, 0.15) is 5.69 Å². The largest absolute Gasteiger partial charge is 0.454 e. The van der Waals surface area contributed by atoms with Crippen LogP contribution in [-0.2, 0) is 6.54 Å². The number of ether oxygens (including phenoxy) is 2. The summed E-state index contributed by atoms with van der Waals surface area (Å²) in [6, 6.07) is 18.1. The number of benzene rings is 2. The molecule has 0 unspecified atom stereocenters. The van der Waals surface area contributed by atoms with Gasteiger partial charge in [-0.2, -0.15) is 5.10 Å². The van der Waals surface area contributed by atoms with E-state index in [1.54, 1.807) is 11.3 Å². The summed E-state index contributed by atoms with van der Waals surface area (Å²) >= 11 is 1.62. The van der Waals surface area contributed by atoms with E-state index in [0.29, 0.717) is 0 Å². The summed E-state index contributed by atoms with van der Waals surface area (Å²) < 4.78 is 12.7. The number of thiazole rings is 1. The van der Waals surface area contributed by atoms with Crippen LogP contribution in [0.5, 0.6) is 11.5 Å². The Kier molecular flexibility index (Phi) is 4.21. The zero-order valence-electron chi connectivity index (χ0n) is 15.3. The highest BCUT2D eigenvalue weighted by molar-refractivity contribution is 7.19. The van der Waals surface area contributed by atoms with Crippen LogP contribution in [0.4, 0.5) is 5.13 Å². The highest BCUT2D eigenvalue weighted by atomic mass is 32.1. The second kappa shape index (κ2) is 7.01. The van der Waals surface area contributed by atoms with E-state index in [1.165, 1.54) is 5.56 Å². The van der Waals surface area contributed by atoms with Crippen LogP contribution in [0, 0.1) is 6.92 Å². The highest BCUT2D eigenvalue weighted by Crippen LogP contribution is 2.35. The lowest BCUT2D eigenvalue weighted by Gasteiger charge is -2.02.